The van der Waals surface area contributed by atoms with Crippen molar-refractivity contribution in [3.63, 3.8) is 0 Å². The number of carboxylic acid groups (broad SMARTS) is 1. The van der Waals surface area contributed by atoms with E-state index in [2.05, 4.69) is 30.1 Å². The molecule has 0 amide bonds. The molecule has 1 unspecified atom stereocenters. The van der Waals surface area contributed by atoms with Crippen molar-refractivity contribution in [2.45, 2.75) is 53.1 Å². The molecule has 2 atom stereocenters. The fourth-order valence-corrected chi connectivity index (χ4v) is 4.58. The molecule has 4 rings (SSSR count). The number of benzene rings is 1. The summed E-state index contributed by atoms with van der Waals surface area (Å²) < 4.78 is 15.3. The minimum absolute atomic E-state index is 0.0857. The van der Waals surface area contributed by atoms with E-state index in [0.29, 0.717) is 23.9 Å². The second-order valence-electron chi connectivity index (χ2n) is 10.00. The third-order valence-electron chi connectivity index (χ3n) is 6.68. The second kappa shape index (κ2) is 8.65. The van der Waals surface area contributed by atoms with Gasteiger partial charge in [-0.25, -0.2) is 14.2 Å². The molecule has 0 radical (unpaired) electrons. The molecule has 0 spiro atoms. The van der Waals surface area contributed by atoms with E-state index in [4.69, 9.17) is 4.98 Å². The number of hydrogen-bond donors (Lipinski definition) is 2. The number of hydrogen-bond acceptors (Lipinski definition) is 5. The smallest absolute Gasteiger partial charge is 0.337 e. The van der Waals surface area contributed by atoms with Gasteiger partial charge in [0.25, 0.3) is 5.56 Å². The van der Waals surface area contributed by atoms with Crippen molar-refractivity contribution in [3.05, 3.63) is 57.9 Å². The first-order valence-electron chi connectivity index (χ1n) is 11.4. The Morgan fingerprint density at radius 2 is 1.97 bits per heavy atom. The van der Waals surface area contributed by atoms with Crippen LogP contribution in [0.15, 0.2) is 35.1 Å². The molecule has 1 fully saturated rings. The second-order valence-corrected chi connectivity index (χ2v) is 10.00. The summed E-state index contributed by atoms with van der Waals surface area (Å²) in [4.78, 5) is 31.7. The number of piperidine rings is 1. The lowest BCUT2D eigenvalue weighted by Gasteiger charge is -2.38. The van der Waals surface area contributed by atoms with Gasteiger partial charge in [0.05, 0.1) is 11.6 Å². The summed E-state index contributed by atoms with van der Waals surface area (Å²) in [6.07, 6.45) is 4.15. The summed E-state index contributed by atoms with van der Waals surface area (Å²) in [5.74, 6) is -0.420. The molecule has 8 heteroatoms. The van der Waals surface area contributed by atoms with E-state index in [-0.39, 0.29) is 28.5 Å². The van der Waals surface area contributed by atoms with E-state index in [1.165, 1.54) is 12.1 Å². The molecule has 3 heterocycles. The van der Waals surface area contributed by atoms with Gasteiger partial charge in [-0.05, 0) is 49.3 Å². The Labute approximate surface area is 193 Å². The minimum Gasteiger partial charge on any atom is -0.478 e. The van der Waals surface area contributed by atoms with Gasteiger partial charge in [-0.1, -0.05) is 26.8 Å². The molecule has 7 nitrogen and oxygen atoms in total. The Bertz CT molecular complexity index is 1160. The molecule has 2 aliphatic rings. The summed E-state index contributed by atoms with van der Waals surface area (Å²) in [6, 6.07) is 4.94. The van der Waals surface area contributed by atoms with Gasteiger partial charge in [0, 0.05) is 37.0 Å². The zero-order valence-electron chi connectivity index (χ0n) is 19.6. The number of nitrogens with one attached hydrogen (secondary N) is 1. The van der Waals surface area contributed by atoms with E-state index < -0.39 is 11.8 Å². The SMILES string of the molecule is CC1C=C([C@@H](C)Nc2ccc(F)cc2C(=O)O)c2nc(N3CCC(C)(C)CC3)cc(=O)n2C1. The minimum atomic E-state index is -1.21. The molecule has 1 aromatic heterocycles. The predicted molar refractivity (Wildman–Crippen MR) is 127 cm³/mol. The highest BCUT2D eigenvalue weighted by atomic mass is 19.1. The van der Waals surface area contributed by atoms with Gasteiger partial charge in [-0.15, -0.1) is 0 Å². The number of halogens is 1. The topological polar surface area (TPSA) is 87.5 Å². The van der Waals surface area contributed by atoms with Crippen molar-refractivity contribution in [2.24, 2.45) is 11.3 Å². The van der Waals surface area contributed by atoms with Crippen LogP contribution in [0.2, 0.25) is 0 Å². The lowest BCUT2D eigenvalue weighted by atomic mass is 9.83. The van der Waals surface area contributed by atoms with Gasteiger partial charge < -0.3 is 15.3 Å². The molecule has 33 heavy (non-hydrogen) atoms. The van der Waals surface area contributed by atoms with Crippen molar-refractivity contribution in [3.8, 4) is 0 Å². The molecule has 2 aliphatic heterocycles. The van der Waals surface area contributed by atoms with Gasteiger partial charge in [-0.2, -0.15) is 0 Å². The molecule has 0 saturated carbocycles. The van der Waals surface area contributed by atoms with Crippen molar-refractivity contribution < 1.29 is 14.3 Å². The number of carboxylic acids is 1. The molecule has 176 valence electrons. The van der Waals surface area contributed by atoms with Crippen LogP contribution >= 0.6 is 0 Å². The van der Waals surface area contributed by atoms with Crippen LogP contribution in [0, 0.1) is 17.2 Å². The molecule has 1 saturated heterocycles. The third kappa shape index (κ3) is 4.79. The van der Waals surface area contributed by atoms with E-state index in [1.54, 1.807) is 10.6 Å². The molecule has 0 aliphatic carbocycles. The molecule has 2 N–H and O–H groups in total. The highest BCUT2D eigenvalue weighted by Gasteiger charge is 2.29. The normalized spacial score (nSPS) is 20.6. The first kappa shape index (κ1) is 23.0. The fraction of sp³-hybridized carbons (Fsp3) is 0.480. The first-order valence-corrected chi connectivity index (χ1v) is 11.4. The van der Waals surface area contributed by atoms with E-state index in [0.717, 1.165) is 37.6 Å². The zero-order valence-corrected chi connectivity index (χ0v) is 19.6. The zero-order chi connectivity index (χ0) is 23.9. The van der Waals surface area contributed by atoms with E-state index >= 15 is 0 Å². The van der Waals surface area contributed by atoms with Crippen LogP contribution in [0.1, 0.15) is 56.7 Å². The highest BCUT2D eigenvalue weighted by Crippen LogP contribution is 2.33. The van der Waals surface area contributed by atoms with Crippen LogP contribution in [0.5, 0.6) is 0 Å². The number of aromatic carboxylic acids is 1. The van der Waals surface area contributed by atoms with Crippen LogP contribution in [-0.4, -0.2) is 39.8 Å². The van der Waals surface area contributed by atoms with Gasteiger partial charge in [0.1, 0.15) is 17.5 Å². The summed E-state index contributed by atoms with van der Waals surface area (Å²) in [5, 5.41) is 12.7. The first-order chi connectivity index (χ1) is 15.5. The van der Waals surface area contributed by atoms with Crippen LogP contribution in [0.4, 0.5) is 15.9 Å². The van der Waals surface area contributed by atoms with Gasteiger partial charge in [0.2, 0.25) is 0 Å². The maximum Gasteiger partial charge on any atom is 0.337 e. The fourth-order valence-electron chi connectivity index (χ4n) is 4.58. The van der Waals surface area contributed by atoms with E-state index in [9.17, 15) is 19.1 Å². The summed E-state index contributed by atoms with van der Waals surface area (Å²) in [6.45, 7) is 10.7. The van der Waals surface area contributed by atoms with Crippen LogP contribution in [0.25, 0.3) is 5.57 Å². The summed E-state index contributed by atoms with van der Waals surface area (Å²) >= 11 is 0. The molecular weight excluding hydrogens is 423 g/mol. The quantitative estimate of drug-likeness (QED) is 0.703. The number of anilines is 2. The number of rotatable bonds is 5. The predicted octanol–water partition coefficient (Wildman–Crippen LogP) is 4.24. The number of nitrogens with zero attached hydrogens (tertiary/aromatic N) is 3. The standard InChI is InChI=1S/C25H31FN4O3/c1-15-11-18(16(2)27-20-6-5-17(26)12-19(20)24(32)33)23-28-21(13-22(31)30(23)14-15)29-9-7-25(3,4)8-10-29/h5-6,11-13,15-16,27H,7-10,14H2,1-4H3,(H,32,33)/t15?,16-/m1/s1. The lowest BCUT2D eigenvalue weighted by Crippen LogP contribution is -2.40. The van der Waals surface area contributed by atoms with Crippen molar-refractivity contribution in [1.82, 2.24) is 9.55 Å². The Morgan fingerprint density at radius 3 is 2.64 bits per heavy atom. The van der Waals surface area contributed by atoms with Gasteiger partial charge >= 0.3 is 5.97 Å². The molecule has 1 aromatic carbocycles. The van der Waals surface area contributed by atoms with E-state index in [1.807, 2.05) is 13.8 Å². The largest absolute Gasteiger partial charge is 0.478 e. The molecule has 0 bridgehead atoms. The summed E-state index contributed by atoms with van der Waals surface area (Å²) in [5.41, 5.74) is 1.21. The third-order valence-corrected chi connectivity index (χ3v) is 6.68. The van der Waals surface area contributed by atoms with Crippen LogP contribution < -0.4 is 15.8 Å². The van der Waals surface area contributed by atoms with Crippen molar-refractivity contribution >= 4 is 23.0 Å². The molecule has 2 aromatic rings. The number of allylic oxidation sites excluding steroid dienone is 1. The monoisotopic (exact) mass is 454 g/mol. The Morgan fingerprint density at radius 1 is 1.27 bits per heavy atom. The average molecular weight is 455 g/mol. The van der Waals surface area contributed by atoms with Gasteiger partial charge in [-0.3, -0.25) is 9.36 Å². The van der Waals surface area contributed by atoms with Gasteiger partial charge in [0.15, 0.2) is 0 Å². The Hall–Kier alpha value is -3.16. The maximum absolute atomic E-state index is 13.6. The average Bonchev–Trinajstić information content (AvgIpc) is 2.74. The van der Waals surface area contributed by atoms with Crippen LogP contribution in [0.3, 0.4) is 0 Å². The maximum atomic E-state index is 13.6. The number of aromatic nitrogens is 2. The number of fused-ring (bicyclic) bond motifs is 1. The number of carbonyl (C=O) groups is 1. The Kier molecular flexibility index (Phi) is 6.03. The lowest BCUT2D eigenvalue weighted by molar-refractivity contribution is 0.0697. The van der Waals surface area contributed by atoms with Crippen LogP contribution in [-0.2, 0) is 6.54 Å². The summed E-state index contributed by atoms with van der Waals surface area (Å²) in [7, 11) is 0. The van der Waals surface area contributed by atoms with Crippen molar-refractivity contribution in [1.29, 1.82) is 0 Å². The highest BCUT2D eigenvalue weighted by molar-refractivity contribution is 5.94. The van der Waals surface area contributed by atoms with Crippen molar-refractivity contribution in [2.75, 3.05) is 23.3 Å². The Balaban J connectivity index is 1.68. The molecular formula is C25H31FN4O3.